The fourth-order valence-corrected chi connectivity index (χ4v) is 4.26. The molecule has 0 radical (unpaired) electrons. The molecule has 1 fully saturated rings. The Morgan fingerprint density at radius 2 is 2.05 bits per heavy atom. The number of thioether (sulfide) groups is 1. The quantitative estimate of drug-likeness (QED) is 0.808. The lowest BCUT2D eigenvalue weighted by molar-refractivity contribution is 0.0718. The van der Waals surface area contributed by atoms with E-state index in [0.29, 0.717) is 18.1 Å². The van der Waals surface area contributed by atoms with Crippen LogP contribution in [0.15, 0.2) is 22.7 Å². The maximum atomic E-state index is 12.7. The number of aryl methyl sites for hydroxylation is 1. The van der Waals surface area contributed by atoms with E-state index in [2.05, 4.69) is 15.9 Å². The molecule has 0 spiro atoms. The average Bonchev–Trinajstić information content (AvgIpc) is 2.49. The average molecular weight is 387 g/mol. The van der Waals surface area contributed by atoms with Gasteiger partial charge in [0.2, 0.25) is 0 Å². The highest BCUT2D eigenvalue weighted by Gasteiger charge is 2.38. The van der Waals surface area contributed by atoms with Crippen molar-refractivity contribution in [3.05, 3.63) is 33.8 Å². The molecule has 1 saturated heterocycles. The number of hydrogen-bond acceptors (Lipinski definition) is 3. The second kappa shape index (κ2) is 6.67. The van der Waals surface area contributed by atoms with Gasteiger partial charge in [-0.25, -0.2) is 0 Å². The molecular formula is C15H19BrN2OS2. The third-order valence-electron chi connectivity index (χ3n) is 4.05. The third kappa shape index (κ3) is 3.43. The van der Waals surface area contributed by atoms with Crippen molar-refractivity contribution in [2.75, 3.05) is 19.3 Å². The van der Waals surface area contributed by atoms with Crippen LogP contribution in [0.2, 0.25) is 0 Å². The summed E-state index contributed by atoms with van der Waals surface area (Å²) in [5.41, 5.74) is 7.70. The Kier molecular flexibility index (Phi) is 5.33. The Bertz CT molecular complexity index is 569. The van der Waals surface area contributed by atoms with Gasteiger partial charge in [0.25, 0.3) is 5.91 Å². The summed E-state index contributed by atoms with van der Waals surface area (Å²) in [4.78, 5) is 15.1. The normalized spacial score (nSPS) is 17.6. The number of nitrogens with two attached hydrogens (primary N) is 1. The van der Waals surface area contributed by atoms with Gasteiger partial charge in [0, 0.05) is 17.6 Å². The smallest absolute Gasteiger partial charge is 0.255 e. The maximum Gasteiger partial charge on any atom is 0.255 e. The molecule has 0 unspecified atom stereocenters. The molecule has 1 aromatic rings. The van der Waals surface area contributed by atoms with Crippen LogP contribution in [0.3, 0.4) is 0 Å². The Morgan fingerprint density at radius 3 is 2.57 bits per heavy atom. The summed E-state index contributed by atoms with van der Waals surface area (Å²) in [7, 11) is 0. The van der Waals surface area contributed by atoms with Crippen LogP contribution in [0.1, 0.15) is 28.8 Å². The van der Waals surface area contributed by atoms with Gasteiger partial charge in [0.15, 0.2) is 0 Å². The second-order valence-electron chi connectivity index (χ2n) is 5.34. The highest BCUT2D eigenvalue weighted by molar-refractivity contribution is 9.10. The molecule has 1 aromatic carbocycles. The number of amides is 1. The molecule has 114 valence electrons. The van der Waals surface area contributed by atoms with Gasteiger partial charge in [0.1, 0.15) is 0 Å². The summed E-state index contributed by atoms with van der Waals surface area (Å²) in [6, 6.07) is 5.84. The lowest BCUT2D eigenvalue weighted by Crippen LogP contribution is -2.50. The number of carbonyl (C=O) groups is 1. The number of rotatable bonds is 3. The standard InChI is InChI=1S/C15H19BrN2OS2/c1-10-3-4-12(16)11(9-10)13(19)18-7-5-15(21-2,6-8-18)14(17)20/h3-4,9H,5-8H2,1-2H3,(H2,17,20). The van der Waals surface area contributed by atoms with Crippen LogP contribution in [0.4, 0.5) is 0 Å². The molecule has 3 nitrogen and oxygen atoms in total. The van der Waals surface area contributed by atoms with E-state index in [-0.39, 0.29) is 10.7 Å². The SMILES string of the molecule is CSC1(C(N)=S)CCN(C(=O)c2cc(C)ccc2Br)CC1. The minimum Gasteiger partial charge on any atom is -0.392 e. The van der Waals surface area contributed by atoms with Crippen molar-refractivity contribution >= 4 is 50.8 Å². The largest absolute Gasteiger partial charge is 0.392 e. The number of hydrogen-bond donors (Lipinski definition) is 1. The van der Waals surface area contributed by atoms with Crippen molar-refractivity contribution in [3.8, 4) is 0 Å². The van der Waals surface area contributed by atoms with Gasteiger partial charge in [-0.3, -0.25) is 4.79 Å². The molecule has 21 heavy (non-hydrogen) atoms. The summed E-state index contributed by atoms with van der Waals surface area (Å²) in [5, 5.41) is 0. The first-order valence-electron chi connectivity index (χ1n) is 6.80. The summed E-state index contributed by atoms with van der Waals surface area (Å²) in [6.07, 6.45) is 3.67. The van der Waals surface area contributed by atoms with Crippen molar-refractivity contribution in [2.45, 2.75) is 24.5 Å². The van der Waals surface area contributed by atoms with Gasteiger partial charge in [0.05, 0.1) is 15.3 Å². The lowest BCUT2D eigenvalue weighted by Gasteiger charge is -2.40. The van der Waals surface area contributed by atoms with E-state index < -0.39 is 0 Å². The number of benzene rings is 1. The van der Waals surface area contributed by atoms with Crippen LogP contribution in [0.25, 0.3) is 0 Å². The van der Waals surface area contributed by atoms with Crippen LogP contribution in [0, 0.1) is 6.92 Å². The molecular weight excluding hydrogens is 368 g/mol. The minimum atomic E-state index is -0.157. The topological polar surface area (TPSA) is 46.3 Å². The zero-order chi connectivity index (χ0) is 15.6. The monoisotopic (exact) mass is 386 g/mol. The second-order valence-corrected chi connectivity index (χ2v) is 7.82. The fraction of sp³-hybridized carbons (Fsp3) is 0.467. The van der Waals surface area contributed by atoms with E-state index in [1.165, 1.54) is 0 Å². The molecule has 0 saturated carbocycles. The lowest BCUT2D eigenvalue weighted by atomic mass is 9.95. The third-order valence-corrected chi connectivity index (χ3v) is 6.67. The number of likely N-dealkylation sites (tertiary alicyclic amines) is 1. The molecule has 2 rings (SSSR count). The molecule has 1 heterocycles. The summed E-state index contributed by atoms with van der Waals surface area (Å²) in [6.45, 7) is 3.37. The molecule has 1 aliphatic heterocycles. The number of piperidine rings is 1. The molecule has 1 aliphatic rings. The van der Waals surface area contributed by atoms with Crippen molar-refractivity contribution in [2.24, 2.45) is 5.73 Å². The van der Waals surface area contributed by atoms with Crippen molar-refractivity contribution in [1.29, 1.82) is 0 Å². The molecule has 0 bridgehead atoms. The van der Waals surface area contributed by atoms with Gasteiger partial charge in [-0.15, -0.1) is 0 Å². The summed E-state index contributed by atoms with van der Waals surface area (Å²) < 4.78 is 0.685. The van der Waals surface area contributed by atoms with E-state index in [4.69, 9.17) is 18.0 Å². The molecule has 0 aliphatic carbocycles. The Morgan fingerprint density at radius 1 is 1.43 bits per heavy atom. The van der Waals surface area contributed by atoms with E-state index in [1.54, 1.807) is 11.8 Å². The maximum absolute atomic E-state index is 12.7. The molecule has 1 amide bonds. The number of carbonyl (C=O) groups excluding carboxylic acids is 1. The Balaban J connectivity index is 2.13. The zero-order valence-electron chi connectivity index (χ0n) is 12.2. The highest BCUT2D eigenvalue weighted by atomic mass is 79.9. The van der Waals surface area contributed by atoms with E-state index in [0.717, 1.165) is 28.4 Å². The van der Waals surface area contributed by atoms with Gasteiger partial charge in [-0.1, -0.05) is 23.8 Å². The van der Waals surface area contributed by atoms with Crippen LogP contribution in [0.5, 0.6) is 0 Å². The predicted octanol–water partition coefficient (Wildman–Crippen LogP) is 3.38. The number of thiocarbonyl (C=S) groups is 1. The first kappa shape index (κ1) is 16.8. The Hall–Kier alpha value is -0.590. The molecule has 6 heteroatoms. The predicted molar refractivity (Wildman–Crippen MR) is 97.0 cm³/mol. The van der Waals surface area contributed by atoms with Crippen molar-refractivity contribution < 1.29 is 4.79 Å². The van der Waals surface area contributed by atoms with Gasteiger partial charge in [-0.05, 0) is 54.1 Å². The van der Waals surface area contributed by atoms with Crippen molar-refractivity contribution in [3.63, 3.8) is 0 Å². The van der Waals surface area contributed by atoms with Gasteiger partial charge in [-0.2, -0.15) is 11.8 Å². The zero-order valence-corrected chi connectivity index (χ0v) is 15.4. The van der Waals surface area contributed by atoms with Crippen LogP contribution in [-0.4, -0.2) is 39.9 Å². The molecule has 0 atom stereocenters. The van der Waals surface area contributed by atoms with Crippen LogP contribution >= 0.6 is 39.9 Å². The van der Waals surface area contributed by atoms with Crippen molar-refractivity contribution in [1.82, 2.24) is 4.90 Å². The molecule has 2 N–H and O–H groups in total. The van der Waals surface area contributed by atoms with Crippen LogP contribution < -0.4 is 5.73 Å². The Labute approximate surface area is 143 Å². The summed E-state index contributed by atoms with van der Waals surface area (Å²) in [5.74, 6) is 0.0724. The number of nitrogens with zero attached hydrogens (tertiary/aromatic N) is 1. The van der Waals surface area contributed by atoms with Gasteiger partial charge < -0.3 is 10.6 Å². The fourth-order valence-electron chi connectivity index (χ4n) is 2.60. The number of halogens is 1. The summed E-state index contributed by atoms with van der Waals surface area (Å²) >= 11 is 10.4. The first-order chi connectivity index (χ1) is 9.89. The van der Waals surface area contributed by atoms with Crippen LogP contribution in [-0.2, 0) is 0 Å². The van der Waals surface area contributed by atoms with Gasteiger partial charge >= 0.3 is 0 Å². The molecule has 0 aromatic heterocycles. The van der Waals surface area contributed by atoms with E-state index >= 15 is 0 Å². The van der Waals surface area contributed by atoms with E-state index in [9.17, 15) is 4.79 Å². The van der Waals surface area contributed by atoms with E-state index in [1.807, 2.05) is 36.3 Å². The highest BCUT2D eigenvalue weighted by Crippen LogP contribution is 2.35. The first-order valence-corrected chi connectivity index (χ1v) is 9.23. The minimum absolute atomic E-state index is 0.0724.